The Kier molecular flexibility index (Phi) is 5.25. The van der Waals surface area contributed by atoms with Crippen molar-refractivity contribution in [3.8, 4) is 17.3 Å². The number of pyridine rings is 1. The molecule has 0 fully saturated rings. The van der Waals surface area contributed by atoms with Crippen LogP contribution in [0.2, 0.25) is 5.02 Å². The van der Waals surface area contributed by atoms with Crippen LogP contribution in [0.1, 0.15) is 30.1 Å². The van der Waals surface area contributed by atoms with Gasteiger partial charge in [-0.05, 0) is 31.4 Å². The molecule has 1 atom stereocenters. The smallest absolute Gasteiger partial charge is 0.265 e. The highest BCUT2D eigenvalue weighted by molar-refractivity contribution is 6.35. The van der Waals surface area contributed by atoms with Gasteiger partial charge in [0.1, 0.15) is 29.3 Å². The Labute approximate surface area is 198 Å². The molecular weight excluding hydrogens is 458 g/mol. The molecule has 0 saturated heterocycles. The van der Waals surface area contributed by atoms with E-state index in [1.54, 1.807) is 29.8 Å². The summed E-state index contributed by atoms with van der Waals surface area (Å²) in [4.78, 5) is 22.0. The number of aryl methyl sites for hydroxylation is 2. The van der Waals surface area contributed by atoms with Crippen LogP contribution in [0.5, 0.6) is 0 Å². The van der Waals surface area contributed by atoms with Crippen molar-refractivity contribution in [3.63, 3.8) is 0 Å². The molecular formula is C22H20ClN9O2. The molecule has 0 unspecified atom stereocenters. The molecule has 5 aromatic rings. The zero-order valence-corrected chi connectivity index (χ0v) is 19.3. The highest BCUT2D eigenvalue weighted by Gasteiger charge is 2.23. The number of nitrogens with two attached hydrogens (primary N) is 1. The fraction of sp³-hybridized carbons (Fsp3) is 0.182. The number of benzene rings is 1. The van der Waals surface area contributed by atoms with Gasteiger partial charge in [-0.3, -0.25) is 14.5 Å². The standard InChI is InChI=1S/C22H20ClN9O2/c1-10-8-27-30-20(10)32-15(7-13-5-4-6-14(23)16(13)22(32)33)11(2)28-19-17(18(24)25-9-26-19)21-31-29-12(3)34-21/h4-9,11H,1-3H3,(H,27,30)(H3,24,25,26,28)/t11-/m0/s1. The van der Waals surface area contributed by atoms with Crippen molar-refractivity contribution in [1.82, 2.24) is 34.9 Å². The predicted molar refractivity (Wildman–Crippen MR) is 128 cm³/mol. The summed E-state index contributed by atoms with van der Waals surface area (Å²) in [5.41, 5.74) is 7.68. The minimum Gasteiger partial charge on any atom is -0.421 e. The van der Waals surface area contributed by atoms with Gasteiger partial charge in [-0.2, -0.15) is 5.10 Å². The number of nitrogen functional groups attached to an aromatic ring is 1. The van der Waals surface area contributed by atoms with Crippen LogP contribution in [-0.4, -0.2) is 34.9 Å². The SMILES string of the molecule is Cc1nnc(-c2c(N)ncnc2N[C@@H](C)c2cc3cccc(Cl)c3c(=O)n2-c2[nH]ncc2C)o1. The minimum absolute atomic E-state index is 0.181. The first-order valence-corrected chi connectivity index (χ1v) is 10.7. The van der Waals surface area contributed by atoms with E-state index in [-0.39, 0.29) is 17.3 Å². The number of rotatable bonds is 5. The molecule has 12 heteroatoms. The molecule has 0 saturated carbocycles. The number of H-pyrrole nitrogens is 1. The van der Waals surface area contributed by atoms with Crippen molar-refractivity contribution in [2.75, 3.05) is 11.1 Å². The summed E-state index contributed by atoms with van der Waals surface area (Å²) in [5.74, 6) is 1.69. The molecule has 0 amide bonds. The molecule has 0 aliphatic heterocycles. The van der Waals surface area contributed by atoms with Crippen LogP contribution < -0.4 is 16.6 Å². The van der Waals surface area contributed by atoms with Crippen molar-refractivity contribution >= 4 is 34.0 Å². The van der Waals surface area contributed by atoms with Gasteiger partial charge in [0.15, 0.2) is 0 Å². The van der Waals surface area contributed by atoms with E-state index in [1.807, 2.05) is 26.0 Å². The summed E-state index contributed by atoms with van der Waals surface area (Å²) >= 11 is 6.40. The molecule has 0 aliphatic rings. The van der Waals surface area contributed by atoms with Crippen molar-refractivity contribution in [3.05, 3.63) is 69.3 Å². The first-order chi connectivity index (χ1) is 16.3. The average Bonchev–Trinajstić information content (AvgIpc) is 3.41. The van der Waals surface area contributed by atoms with E-state index in [2.05, 4.69) is 35.7 Å². The third-order valence-electron chi connectivity index (χ3n) is 5.46. The topological polar surface area (TPSA) is 153 Å². The third-order valence-corrected chi connectivity index (χ3v) is 5.78. The lowest BCUT2D eigenvalue weighted by Crippen LogP contribution is -2.26. The number of halogens is 1. The highest BCUT2D eigenvalue weighted by Crippen LogP contribution is 2.33. The maximum Gasteiger partial charge on any atom is 0.265 e. The van der Waals surface area contributed by atoms with E-state index in [9.17, 15) is 4.79 Å². The van der Waals surface area contributed by atoms with Crippen LogP contribution in [0.15, 0.2) is 46.0 Å². The summed E-state index contributed by atoms with van der Waals surface area (Å²) in [6, 6.07) is 6.83. The van der Waals surface area contributed by atoms with Gasteiger partial charge >= 0.3 is 0 Å². The van der Waals surface area contributed by atoms with Crippen LogP contribution in [0.4, 0.5) is 11.6 Å². The van der Waals surface area contributed by atoms with Gasteiger partial charge < -0.3 is 15.5 Å². The van der Waals surface area contributed by atoms with Crippen molar-refractivity contribution < 1.29 is 4.42 Å². The predicted octanol–water partition coefficient (Wildman–Crippen LogP) is 3.58. The summed E-state index contributed by atoms with van der Waals surface area (Å²) in [7, 11) is 0. The number of fused-ring (bicyclic) bond motifs is 1. The van der Waals surface area contributed by atoms with Crippen molar-refractivity contribution in [2.24, 2.45) is 0 Å². The van der Waals surface area contributed by atoms with Gasteiger partial charge in [-0.15, -0.1) is 10.2 Å². The van der Waals surface area contributed by atoms with Crippen LogP contribution in [0.3, 0.4) is 0 Å². The Bertz CT molecular complexity index is 1590. The summed E-state index contributed by atoms with van der Waals surface area (Å²) in [5, 5.41) is 19.8. The molecule has 1 aromatic carbocycles. The molecule has 0 aliphatic carbocycles. The van der Waals surface area contributed by atoms with E-state index in [4.69, 9.17) is 21.8 Å². The molecule has 4 heterocycles. The highest BCUT2D eigenvalue weighted by atomic mass is 35.5. The first kappa shape index (κ1) is 21.6. The van der Waals surface area contributed by atoms with Gasteiger partial charge in [0, 0.05) is 12.5 Å². The lowest BCUT2D eigenvalue weighted by atomic mass is 10.1. The monoisotopic (exact) mass is 477 g/mol. The molecule has 4 N–H and O–H groups in total. The summed E-state index contributed by atoms with van der Waals surface area (Å²) in [6.07, 6.45) is 2.99. The minimum atomic E-state index is -0.421. The largest absolute Gasteiger partial charge is 0.421 e. The Hall–Kier alpha value is -4.25. The fourth-order valence-electron chi connectivity index (χ4n) is 3.85. The lowest BCUT2D eigenvalue weighted by Gasteiger charge is -2.22. The van der Waals surface area contributed by atoms with Crippen LogP contribution >= 0.6 is 11.6 Å². The van der Waals surface area contributed by atoms with Crippen LogP contribution in [-0.2, 0) is 0 Å². The van der Waals surface area contributed by atoms with Crippen molar-refractivity contribution in [1.29, 1.82) is 0 Å². The van der Waals surface area contributed by atoms with Crippen LogP contribution in [0, 0.1) is 13.8 Å². The molecule has 34 heavy (non-hydrogen) atoms. The zero-order chi connectivity index (χ0) is 24.0. The second kappa shape index (κ2) is 8.27. The first-order valence-electron chi connectivity index (χ1n) is 10.4. The number of aromatic amines is 1. The van der Waals surface area contributed by atoms with E-state index < -0.39 is 6.04 Å². The van der Waals surface area contributed by atoms with Gasteiger partial charge in [0.2, 0.25) is 5.89 Å². The van der Waals surface area contributed by atoms with Crippen molar-refractivity contribution in [2.45, 2.75) is 26.8 Å². The van der Waals surface area contributed by atoms with Gasteiger partial charge in [-0.25, -0.2) is 9.97 Å². The summed E-state index contributed by atoms with van der Waals surface area (Å²) in [6.45, 7) is 5.44. The maximum atomic E-state index is 13.6. The quantitative estimate of drug-likeness (QED) is 0.344. The Morgan fingerprint density at radius 2 is 2.06 bits per heavy atom. The van der Waals surface area contributed by atoms with E-state index in [1.165, 1.54) is 6.33 Å². The average molecular weight is 478 g/mol. The number of hydrogen-bond acceptors (Lipinski definition) is 9. The Morgan fingerprint density at radius 1 is 1.24 bits per heavy atom. The second-order valence-corrected chi connectivity index (χ2v) is 8.20. The molecule has 11 nitrogen and oxygen atoms in total. The van der Waals surface area contributed by atoms with Gasteiger partial charge in [0.05, 0.1) is 28.3 Å². The molecule has 4 aromatic heterocycles. The van der Waals surface area contributed by atoms with E-state index >= 15 is 0 Å². The molecule has 5 rings (SSSR count). The Balaban J connectivity index is 1.68. The maximum absolute atomic E-state index is 13.6. The fourth-order valence-corrected chi connectivity index (χ4v) is 4.11. The number of aromatic nitrogens is 7. The molecule has 172 valence electrons. The number of nitrogens with one attached hydrogen (secondary N) is 2. The Morgan fingerprint density at radius 3 is 2.76 bits per heavy atom. The van der Waals surface area contributed by atoms with E-state index in [0.29, 0.717) is 44.6 Å². The zero-order valence-electron chi connectivity index (χ0n) is 18.5. The normalized spacial score (nSPS) is 12.2. The number of hydrogen-bond donors (Lipinski definition) is 3. The van der Waals surface area contributed by atoms with E-state index in [0.717, 1.165) is 5.56 Å². The molecule has 0 radical (unpaired) electrons. The molecule has 0 bridgehead atoms. The number of nitrogens with zero attached hydrogens (tertiary/aromatic N) is 6. The summed E-state index contributed by atoms with van der Waals surface area (Å²) < 4.78 is 7.13. The van der Waals surface area contributed by atoms with Crippen LogP contribution in [0.25, 0.3) is 28.0 Å². The number of anilines is 2. The van der Waals surface area contributed by atoms with Gasteiger partial charge in [-0.1, -0.05) is 23.7 Å². The second-order valence-electron chi connectivity index (χ2n) is 7.79. The molecule has 0 spiro atoms. The van der Waals surface area contributed by atoms with Gasteiger partial charge in [0.25, 0.3) is 11.4 Å². The third kappa shape index (κ3) is 3.55. The lowest BCUT2D eigenvalue weighted by molar-refractivity contribution is 0.532.